The number of rotatable bonds is 3. The average Bonchev–Trinajstić information content (AvgIpc) is 2.70. The van der Waals surface area contributed by atoms with Gasteiger partial charge in [0.1, 0.15) is 0 Å². The summed E-state index contributed by atoms with van der Waals surface area (Å²) in [5.41, 5.74) is 0. The van der Waals surface area contributed by atoms with Gasteiger partial charge in [0.25, 0.3) is 0 Å². The Balaban J connectivity index is 1.95. The van der Waals surface area contributed by atoms with E-state index in [-0.39, 0.29) is 0 Å². The van der Waals surface area contributed by atoms with Gasteiger partial charge in [-0.1, -0.05) is 16.1 Å². The highest BCUT2D eigenvalue weighted by Gasteiger charge is 1.98. The van der Waals surface area contributed by atoms with Crippen LogP contribution in [0.15, 0.2) is 18.6 Å². The molecule has 0 radical (unpaired) electrons. The number of nitrogens with one attached hydrogen (secondary N) is 1. The van der Waals surface area contributed by atoms with Crippen molar-refractivity contribution in [2.45, 2.75) is 6.54 Å². The standard InChI is InChI=1S/C7H6ClN5S/c8-5-1-9-7(10-2-5)11-3-6-4-12-13-14-6/h1-2,4H,3H2,(H,9,10,11). The van der Waals surface area contributed by atoms with Crippen molar-refractivity contribution in [3.63, 3.8) is 0 Å². The van der Waals surface area contributed by atoms with E-state index in [1.807, 2.05) is 0 Å². The van der Waals surface area contributed by atoms with E-state index in [0.717, 1.165) is 4.88 Å². The molecule has 0 amide bonds. The summed E-state index contributed by atoms with van der Waals surface area (Å²) in [6.45, 7) is 0.624. The summed E-state index contributed by atoms with van der Waals surface area (Å²) >= 11 is 6.98. The Hall–Kier alpha value is -1.27. The van der Waals surface area contributed by atoms with Gasteiger partial charge in [-0.25, -0.2) is 9.97 Å². The van der Waals surface area contributed by atoms with E-state index < -0.39 is 0 Å². The predicted octanol–water partition coefficient (Wildman–Crippen LogP) is 1.59. The summed E-state index contributed by atoms with van der Waals surface area (Å²) in [5.74, 6) is 0.544. The van der Waals surface area contributed by atoms with E-state index in [0.29, 0.717) is 17.5 Å². The van der Waals surface area contributed by atoms with E-state index in [4.69, 9.17) is 11.6 Å². The molecule has 0 aliphatic heterocycles. The molecule has 0 bridgehead atoms. The SMILES string of the molecule is Clc1cnc(NCc2cnns2)nc1. The van der Waals surface area contributed by atoms with Gasteiger partial charge in [0, 0.05) is 0 Å². The molecule has 0 aliphatic carbocycles. The summed E-state index contributed by atoms with van der Waals surface area (Å²) in [6, 6.07) is 0. The number of nitrogens with zero attached hydrogens (tertiary/aromatic N) is 4. The van der Waals surface area contributed by atoms with Gasteiger partial charge in [0.2, 0.25) is 5.95 Å². The Morgan fingerprint density at radius 1 is 1.29 bits per heavy atom. The maximum Gasteiger partial charge on any atom is 0.222 e. The Kier molecular flexibility index (Phi) is 2.85. The van der Waals surface area contributed by atoms with Crippen molar-refractivity contribution in [2.24, 2.45) is 0 Å². The highest BCUT2D eigenvalue weighted by Crippen LogP contribution is 2.08. The van der Waals surface area contributed by atoms with E-state index in [1.54, 1.807) is 18.6 Å². The van der Waals surface area contributed by atoms with Crippen molar-refractivity contribution in [1.82, 2.24) is 19.6 Å². The van der Waals surface area contributed by atoms with Crippen molar-refractivity contribution >= 4 is 29.1 Å². The molecular weight excluding hydrogens is 222 g/mol. The van der Waals surface area contributed by atoms with Gasteiger partial charge in [-0.15, -0.1) is 5.10 Å². The zero-order valence-electron chi connectivity index (χ0n) is 7.01. The predicted molar refractivity (Wildman–Crippen MR) is 54.3 cm³/mol. The lowest BCUT2D eigenvalue weighted by Gasteiger charge is -2.00. The van der Waals surface area contributed by atoms with Crippen LogP contribution in [0.1, 0.15) is 4.88 Å². The third-order valence-corrected chi connectivity index (χ3v) is 2.30. The molecule has 0 fully saturated rings. The van der Waals surface area contributed by atoms with E-state index >= 15 is 0 Å². The highest BCUT2D eigenvalue weighted by molar-refractivity contribution is 7.05. The number of anilines is 1. The quantitative estimate of drug-likeness (QED) is 0.863. The molecule has 0 saturated heterocycles. The molecule has 2 aromatic heterocycles. The van der Waals surface area contributed by atoms with Crippen LogP contribution in [-0.2, 0) is 6.54 Å². The smallest absolute Gasteiger partial charge is 0.222 e. The maximum absolute atomic E-state index is 5.64. The third-order valence-electron chi connectivity index (χ3n) is 1.45. The molecular formula is C7H6ClN5S. The van der Waals surface area contributed by atoms with Crippen LogP contribution in [0.5, 0.6) is 0 Å². The van der Waals surface area contributed by atoms with E-state index in [9.17, 15) is 0 Å². The number of hydrogen-bond acceptors (Lipinski definition) is 6. The molecule has 7 heteroatoms. The molecule has 14 heavy (non-hydrogen) atoms. The topological polar surface area (TPSA) is 63.6 Å². The minimum absolute atomic E-state index is 0.523. The van der Waals surface area contributed by atoms with Crippen molar-refractivity contribution in [1.29, 1.82) is 0 Å². The lowest BCUT2D eigenvalue weighted by Crippen LogP contribution is -2.01. The van der Waals surface area contributed by atoms with E-state index in [1.165, 1.54) is 11.5 Å². The summed E-state index contributed by atoms with van der Waals surface area (Å²) in [6.07, 6.45) is 4.79. The normalized spacial score (nSPS) is 10.1. The van der Waals surface area contributed by atoms with Crippen LogP contribution in [0.2, 0.25) is 5.02 Å². The lowest BCUT2D eigenvalue weighted by atomic mass is 10.5. The highest BCUT2D eigenvalue weighted by atomic mass is 35.5. The van der Waals surface area contributed by atoms with Crippen LogP contribution in [-0.4, -0.2) is 19.6 Å². The largest absolute Gasteiger partial charge is 0.349 e. The van der Waals surface area contributed by atoms with Gasteiger partial charge in [-0.05, 0) is 11.5 Å². The minimum atomic E-state index is 0.523. The van der Waals surface area contributed by atoms with Crippen molar-refractivity contribution in [3.8, 4) is 0 Å². The van der Waals surface area contributed by atoms with Crippen molar-refractivity contribution < 1.29 is 0 Å². The number of hydrogen-bond donors (Lipinski definition) is 1. The first kappa shape index (κ1) is 9.29. The number of halogens is 1. The third kappa shape index (κ3) is 2.36. The van der Waals surface area contributed by atoms with Gasteiger partial charge in [-0.2, -0.15) is 0 Å². The first-order chi connectivity index (χ1) is 6.84. The average molecular weight is 228 g/mol. The Morgan fingerprint density at radius 2 is 2.07 bits per heavy atom. The van der Waals surface area contributed by atoms with Crippen LogP contribution in [0, 0.1) is 0 Å². The lowest BCUT2D eigenvalue weighted by molar-refractivity contribution is 1.06. The molecule has 0 atom stereocenters. The zero-order chi connectivity index (χ0) is 9.80. The van der Waals surface area contributed by atoms with Crippen LogP contribution in [0.3, 0.4) is 0 Å². The molecule has 5 nitrogen and oxygen atoms in total. The first-order valence-electron chi connectivity index (χ1n) is 3.82. The van der Waals surface area contributed by atoms with Gasteiger partial charge in [-0.3, -0.25) is 0 Å². The fraction of sp³-hybridized carbons (Fsp3) is 0.143. The Morgan fingerprint density at radius 3 is 2.71 bits per heavy atom. The molecule has 0 aromatic carbocycles. The first-order valence-corrected chi connectivity index (χ1v) is 4.97. The molecule has 0 unspecified atom stereocenters. The Bertz CT molecular complexity index is 387. The van der Waals surface area contributed by atoms with Gasteiger partial charge >= 0.3 is 0 Å². The van der Waals surface area contributed by atoms with Crippen LogP contribution in [0.25, 0.3) is 0 Å². The second-order valence-electron chi connectivity index (χ2n) is 2.46. The number of aromatic nitrogens is 4. The van der Waals surface area contributed by atoms with Crippen LogP contribution >= 0.6 is 23.1 Å². The fourth-order valence-electron chi connectivity index (χ4n) is 0.835. The van der Waals surface area contributed by atoms with Gasteiger partial charge in [0.05, 0.1) is 35.0 Å². The van der Waals surface area contributed by atoms with Gasteiger partial charge in [0.15, 0.2) is 0 Å². The second kappa shape index (κ2) is 4.30. The molecule has 0 spiro atoms. The molecule has 0 saturated carbocycles. The van der Waals surface area contributed by atoms with Crippen molar-refractivity contribution in [3.05, 3.63) is 28.5 Å². The molecule has 1 N–H and O–H groups in total. The van der Waals surface area contributed by atoms with Crippen molar-refractivity contribution in [2.75, 3.05) is 5.32 Å². The zero-order valence-corrected chi connectivity index (χ0v) is 8.59. The fourth-order valence-corrected chi connectivity index (χ4v) is 1.36. The molecule has 72 valence electrons. The molecule has 0 aliphatic rings. The molecule has 2 heterocycles. The van der Waals surface area contributed by atoms with Crippen LogP contribution in [0.4, 0.5) is 5.95 Å². The maximum atomic E-state index is 5.64. The monoisotopic (exact) mass is 227 g/mol. The summed E-state index contributed by atoms with van der Waals surface area (Å²) in [7, 11) is 0. The summed E-state index contributed by atoms with van der Waals surface area (Å²) in [4.78, 5) is 9.01. The van der Waals surface area contributed by atoms with E-state index in [2.05, 4.69) is 24.9 Å². The second-order valence-corrected chi connectivity index (χ2v) is 3.77. The van der Waals surface area contributed by atoms with Crippen LogP contribution < -0.4 is 5.32 Å². The molecule has 2 rings (SSSR count). The summed E-state index contributed by atoms with van der Waals surface area (Å²) in [5, 5.41) is 7.26. The summed E-state index contributed by atoms with van der Waals surface area (Å²) < 4.78 is 3.74. The van der Waals surface area contributed by atoms with Gasteiger partial charge < -0.3 is 5.32 Å². The molecule has 2 aromatic rings. The minimum Gasteiger partial charge on any atom is -0.349 e. The Labute approximate surface area is 89.3 Å².